The lowest BCUT2D eigenvalue weighted by molar-refractivity contribution is -0.151. The molecule has 2 aromatic rings. The molecule has 1 saturated heterocycles. The first-order valence-electron chi connectivity index (χ1n) is 8.77. The summed E-state index contributed by atoms with van der Waals surface area (Å²) < 4.78 is 11.6. The number of H-pyrrole nitrogens is 1. The lowest BCUT2D eigenvalue weighted by Gasteiger charge is -2.43. The number of fused-ring (bicyclic) bond motifs is 2. The number of methoxy groups -OCH3 is 1. The molecule has 1 amide bonds. The minimum absolute atomic E-state index is 0.0178. The minimum atomic E-state index is -0.551. The Morgan fingerprint density at radius 3 is 2.80 bits per heavy atom. The number of hydrogen-bond donors (Lipinski definition) is 1. The molecule has 0 aliphatic carbocycles. The highest BCUT2D eigenvalue weighted by Gasteiger charge is 2.43. The molecule has 1 aromatic carbocycles. The average molecular weight is 341 g/mol. The number of amides is 1. The van der Waals surface area contributed by atoms with Crippen molar-refractivity contribution in [3.8, 4) is 0 Å². The first-order chi connectivity index (χ1) is 12.2. The van der Waals surface area contributed by atoms with Crippen LogP contribution in [0.2, 0.25) is 0 Å². The molecule has 3 heterocycles. The van der Waals surface area contributed by atoms with Gasteiger partial charge < -0.3 is 14.4 Å². The summed E-state index contributed by atoms with van der Waals surface area (Å²) in [6.45, 7) is 2.03. The Morgan fingerprint density at radius 1 is 1.32 bits per heavy atom. The molecule has 1 fully saturated rings. The third kappa shape index (κ3) is 2.85. The Kier molecular flexibility index (Phi) is 4.31. The van der Waals surface area contributed by atoms with E-state index >= 15 is 0 Å². The number of likely N-dealkylation sites (tertiary alicyclic amines) is 1. The number of piperidine rings is 1. The first kappa shape index (κ1) is 16.3. The molecular formula is C19H23N3O3. The molecule has 6 nitrogen and oxygen atoms in total. The molecule has 6 heteroatoms. The van der Waals surface area contributed by atoms with Gasteiger partial charge in [-0.1, -0.05) is 30.3 Å². The van der Waals surface area contributed by atoms with Crippen LogP contribution in [0, 0.1) is 0 Å². The Labute approximate surface area is 147 Å². The smallest absolute Gasteiger partial charge is 0.256 e. The van der Waals surface area contributed by atoms with Crippen molar-refractivity contribution >= 4 is 5.91 Å². The molecule has 1 aromatic heterocycles. The van der Waals surface area contributed by atoms with Gasteiger partial charge in [-0.05, 0) is 30.4 Å². The van der Waals surface area contributed by atoms with Crippen molar-refractivity contribution < 1.29 is 14.3 Å². The van der Waals surface area contributed by atoms with Crippen LogP contribution in [0.1, 0.15) is 35.8 Å². The fourth-order valence-corrected chi connectivity index (χ4v) is 3.98. The van der Waals surface area contributed by atoms with E-state index in [1.165, 1.54) is 5.56 Å². The molecule has 25 heavy (non-hydrogen) atoms. The predicted octanol–water partition coefficient (Wildman–Crippen LogP) is 2.19. The zero-order valence-corrected chi connectivity index (χ0v) is 14.4. The van der Waals surface area contributed by atoms with E-state index in [0.29, 0.717) is 19.7 Å². The van der Waals surface area contributed by atoms with Crippen LogP contribution >= 0.6 is 0 Å². The molecule has 0 radical (unpaired) electrons. The van der Waals surface area contributed by atoms with Crippen LogP contribution in [-0.2, 0) is 26.3 Å². The van der Waals surface area contributed by atoms with E-state index in [-0.39, 0.29) is 11.5 Å². The molecule has 1 atom stereocenters. The van der Waals surface area contributed by atoms with Crippen molar-refractivity contribution in [1.29, 1.82) is 0 Å². The van der Waals surface area contributed by atoms with Crippen molar-refractivity contribution in [1.82, 2.24) is 15.1 Å². The normalized spacial score (nSPS) is 20.3. The Bertz CT molecular complexity index is 735. The van der Waals surface area contributed by atoms with Gasteiger partial charge in [0.15, 0.2) is 6.10 Å². The number of ether oxygens (including phenoxy) is 2. The molecular weight excluding hydrogens is 318 g/mol. The Hall–Kier alpha value is -2.18. The van der Waals surface area contributed by atoms with Crippen LogP contribution in [0.3, 0.4) is 0 Å². The van der Waals surface area contributed by atoms with Crippen molar-refractivity contribution in [3.05, 3.63) is 53.3 Å². The summed E-state index contributed by atoms with van der Waals surface area (Å²) in [5, 5.41) is 7.30. The standard InChI is InChI=1S/C19H23N3O3/c1-24-16(14-5-3-2-4-6-14)18(23)22-10-8-19(9-11-22)17-15(7-12-25-19)13-20-21-17/h2-6,13,16H,7-12H2,1H3,(H,20,21). The monoisotopic (exact) mass is 341 g/mol. The summed E-state index contributed by atoms with van der Waals surface area (Å²) in [7, 11) is 1.59. The molecule has 1 spiro atoms. The second kappa shape index (κ2) is 6.61. The van der Waals surface area contributed by atoms with Crippen molar-refractivity contribution in [2.24, 2.45) is 0 Å². The summed E-state index contributed by atoms with van der Waals surface area (Å²) in [5.74, 6) is 0.0178. The van der Waals surface area contributed by atoms with Crippen LogP contribution in [-0.4, -0.2) is 47.8 Å². The topological polar surface area (TPSA) is 67.4 Å². The van der Waals surface area contributed by atoms with E-state index in [1.807, 2.05) is 41.4 Å². The third-order valence-corrected chi connectivity index (χ3v) is 5.37. The van der Waals surface area contributed by atoms with Gasteiger partial charge in [0.25, 0.3) is 5.91 Å². The number of carbonyl (C=O) groups is 1. The Balaban J connectivity index is 1.48. The van der Waals surface area contributed by atoms with Crippen LogP contribution < -0.4 is 0 Å². The van der Waals surface area contributed by atoms with E-state index in [0.717, 1.165) is 30.5 Å². The summed E-state index contributed by atoms with van der Waals surface area (Å²) >= 11 is 0. The number of carbonyl (C=O) groups excluding carboxylic acids is 1. The number of rotatable bonds is 3. The molecule has 2 aliphatic heterocycles. The number of nitrogens with one attached hydrogen (secondary N) is 1. The molecule has 132 valence electrons. The maximum Gasteiger partial charge on any atom is 0.256 e. The maximum atomic E-state index is 12.9. The van der Waals surface area contributed by atoms with Gasteiger partial charge in [0.1, 0.15) is 5.60 Å². The molecule has 0 saturated carbocycles. The fourth-order valence-electron chi connectivity index (χ4n) is 3.98. The highest BCUT2D eigenvalue weighted by Crippen LogP contribution is 2.40. The van der Waals surface area contributed by atoms with E-state index in [2.05, 4.69) is 10.2 Å². The van der Waals surface area contributed by atoms with Crippen LogP contribution in [0.5, 0.6) is 0 Å². The van der Waals surface area contributed by atoms with Crippen molar-refractivity contribution in [3.63, 3.8) is 0 Å². The molecule has 0 bridgehead atoms. The third-order valence-electron chi connectivity index (χ3n) is 5.37. The van der Waals surface area contributed by atoms with E-state index in [1.54, 1.807) is 7.11 Å². The van der Waals surface area contributed by atoms with Crippen molar-refractivity contribution in [2.75, 3.05) is 26.8 Å². The summed E-state index contributed by atoms with van der Waals surface area (Å²) in [6.07, 6.45) is 3.80. The van der Waals surface area contributed by atoms with Crippen molar-refractivity contribution in [2.45, 2.75) is 31.0 Å². The number of benzene rings is 1. The largest absolute Gasteiger partial charge is 0.368 e. The molecule has 1 N–H and O–H groups in total. The zero-order chi connectivity index (χ0) is 17.3. The van der Waals surface area contributed by atoms with Gasteiger partial charge in [0.2, 0.25) is 0 Å². The average Bonchev–Trinajstić information content (AvgIpc) is 3.14. The van der Waals surface area contributed by atoms with Crippen LogP contribution in [0.25, 0.3) is 0 Å². The van der Waals surface area contributed by atoms with E-state index < -0.39 is 6.10 Å². The Morgan fingerprint density at radius 2 is 2.08 bits per heavy atom. The summed E-state index contributed by atoms with van der Waals surface area (Å²) in [6, 6.07) is 9.65. The first-order valence-corrected chi connectivity index (χ1v) is 8.77. The van der Waals surface area contributed by atoms with Crippen LogP contribution in [0.4, 0.5) is 0 Å². The summed E-state index contributed by atoms with van der Waals surface area (Å²) in [5.41, 5.74) is 2.90. The fraction of sp³-hybridized carbons (Fsp3) is 0.474. The van der Waals surface area contributed by atoms with Crippen LogP contribution in [0.15, 0.2) is 36.5 Å². The number of aromatic nitrogens is 2. The lowest BCUT2D eigenvalue weighted by atomic mass is 9.83. The van der Waals surface area contributed by atoms with Gasteiger partial charge in [0, 0.05) is 20.2 Å². The number of hydrogen-bond acceptors (Lipinski definition) is 4. The van der Waals surface area contributed by atoms with Gasteiger partial charge in [-0.2, -0.15) is 5.10 Å². The zero-order valence-electron chi connectivity index (χ0n) is 14.4. The van der Waals surface area contributed by atoms with Gasteiger partial charge in [-0.15, -0.1) is 0 Å². The molecule has 2 aliphatic rings. The number of nitrogens with zero attached hydrogens (tertiary/aromatic N) is 2. The van der Waals surface area contributed by atoms with Gasteiger partial charge >= 0.3 is 0 Å². The second-order valence-corrected chi connectivity index (χ2v) is 6.71. The molecule has 1 unspecified atom stereocenters. The van der Waals surface area contributed by atoms with E-state index in [9.17, 15) is 4.79 Å². The SMILES string of the molecule is COC(C(=O)N1CCC2(CC1)OCCc1cn[nH]c12)c1ccccc1. The lowest BCUT2D eigenvalue weighted by Crippen LogP contribution is -2.49. The van der Waals surface area contributed by atoms with E-state index in [4.69, 9.17) is 9.47 Å². The highest BCUT2D eigenvalue weighted by molar-refractivity contribution is 5.82. The van der Waals surface area contributed by atoms with Gasteiger partial charge in [0.05, 0.1) is 18.5 Å². The van der Waals surface area contributed by atoms with Gasteiger partial charge in [-0.3, -0.25) is 9.89 Å². The number of aromatic amines is 1. The van der Waals surface area contributed by atoms with Gasteiger partial charge in [-0.25, -0.2) is 0 Å². The minimum Gasteiger partial charge on any atom is -0.368 e. The highest BCUT2D eigenvalue weighted by atomic mass is 16.5. The second-order valence-electron chi connectivity index (χ2n) is 6.71. The maximum absolute atomic E-state index is 12.9. The predicted molar refractivity (Wildman–Crippen MR) is 91.9 cm³/mol. The summed E-state index contributed by atoms with van der Waals surface area (Å²) in [4.78, 5) is 14.8. The quantitative estimate of drug-likeness (QED) is 0.929. The molecule has 4 rings (SSSR count).